The average Bonchev–Trinajstić information content (AvgIpc) is 2.83. The molecule has 0 aliphatic carbocycles. The molecule has 0 aliphatic heterocycles. The van der Waals surface area contributed by atoms with Crippen LogP contribution in [0.2, 0.25) is 0 Å². The lowest BCUT2D eigenvalue weighted by atomic mass is 10.1. The first-order chi connectivity index (χ1) is 7.36. The van der Waals surface area contributed by atoms with Crippen molar-refractivity contribution in [3.05, 3.63) is 36.8 Å². The largest absolute Gasteiger partial charge is 0.345 e. The van der Waals surface area contributed by atoms with Gasteiger partial charge in [-0.05, 0) is 18.2 Å². The highest BCUT2D eigenvalue weighted by Gasteiger charge is 2.08. The van der Waals surface area contributed by atoms with E-state index in [9.17, 15) is 0 Å². The minimum Gasteiger partial charge on any atom is -0.345 e. The van der Waals surface area contributed by atoms with E-state index in [0.717, 1.165) is 22.3 Å². The second kappa shape index (κ2) is 2.95. The van der Waals surface area contributed by atoms with Crippen molar-refractivity contribution in [2.24, 2.45) is 7.05 Å². The highest BCUT2D eigenvalue weighted by atomic mass is 15.3. The number of fused-ring (bicyclic) bond motifs is 1. The first kappa shape index (κ1) is 8.23. The van der Waals surface area contributed by atoms with Crippen molar-refractivity contribution in [2.75, 3.05) is 0 Å². The highest BCUT2D eigenvalue weighted by Crippen LogP contribution is 2.26. The van der Waals surface area contributed by atoms with E-state index in [4.69, 9.17) is 0 Å². The molecule has 0 saturated heterocycles. The standard InChI is InChI=1S/C11H10N4/c1-15-10(4-6-14-15)9-7-13-11-8(9)3-2-5-12-11/h2-7H,1H3,(H,12,13). The van der Waals surface area contributed by atoms with Crippen LogP contribution in [-0.4, -0.2) is 19.7 Å². The van der Waals surface area contributed by atoms with Crippen LogP contribution in [-0.2, 0) is 7.05 Å². The molecule has 4 nitrogen and oxygen atoms in total. The van der Waals surface area contributed by atoms with Crippen molar-refractivity contribution in [1.82, 2.24) is 19.7 Å². The Bertz CT molecular complexity index is 606. The van der Waals surface area contributed by atoms with Gasteiger partial charge in [-0.15, -0.1) is 0 Å². The number of nitrogens with zero attached hydrogens (tertiary/aromatic N) is 3. The van der Waals surface area contributed by atoms with Crippen molar-refractivity contribution < 1.29 is 0 Å². The summed E-state index contributed by atoms with van der Waals surface area (Å²) in [6.07, 6.45) is 5.55. The van der Waals surface area contributed by atoms with Gasteiger partial charge in [-0.25, -0.2) is 4.98 Å². The van der Waals surface area contributed by atoms with Crippen molar-refractivity contribution in [1.29, 1.82) is 0 Å². The number of aryl methyl sites for hydroxylation is 1. The Morgan fingerprint density at radius 3 is 3.00 bits per heavy atom. The minimum atomic E-state index is 0.911. The topological polar surface area (TPSA) is 46.5 Å². The van der Waals surface area contributed by atoms with E-state index in [1.54, 1.807) is 12.4 Å². The van der Waals surface area contributed by atoms with Gasteiger partial charge in [-0.2, -0.15) is 5.10 Å². The maximum absolute atomic E-state index is 4.26. The van der Waals surface area contributed by atoms with E-state index in [1.165, 1.54) is 0 Å². The number of aromatic amines is 1. The molecule has 4 heteroatoms. The van der Waals surface area contributed by atoms with E-state index >= 15 is 0 Å². The summed E-state index contributed by atoms with van der Waals surface area (Å²) in [6.45, 7) is 0. The first-order valence-electron chi connectivity index (χ1n) is 4.77. The van der Waals surface area contributed by atoms with Crippen molar-refractivity contribution >= 4 is 11.0 Å². The fraction of sp³-hybridized carbons (Fsp3) is 0.0909. The van der Waals surface area contributed by atoms with Crippen LogP contribution in [0.15, 0.2) is 36.8 Å². The summed E-state index contributed by atoms with van der Waals surface area (Å²) in [5, 5.41) is 5.29. The number of nitrogens with one attached hydrogen (secondary N) is 1. The van der Waals surface area contributed by atoms with Gasteiger partial charge in [0.1, 0.15) is 5.65 Å². The zero-order valence-corrected chi connectivity index (χ0v) is 8.31. The second-order valence-corrected chi connectivity index (χ2v) is 3.44. The summed E-state index contributed by atoms with van der Waals surface area (Å²) in [5.74, 6) is 0. The van der Waals surface area contributed by atoms with Crippen LogP contribution in [0.5, 0.6) is 0 Å². The molecule has 3 heterocycles. The van der Waals surface area contributed by atoms with Gasteiger partial charge in [0.2, 0.25) is 0 Å². The predicted octanol–water partition coefficient (Wildman–Crippen LogP) is 1.96. The first-order valence-corrected chi connectivity index (χ1v) is 4.77. The summed E-state index contributed by atoms with van der Waals surface area (Å²) >= 11 is 0. The van der Waals surface area contributed by atoms with Gasteiger partial charge in [-0.3, -0.25) is 4.68 Å². The number of hydrogen-bond donors (Lipinski definition) is 1. The van der Waals surface area contributed by atoms with Crippen LogP contribution >= 0.6 is 0 Å². The number of hydrogen-bond acceptors (Lipinski definition) is 2. The third-order valence-electron chi connectivity index (χ3n) is 2.55. The lowest BCUT2D eigenvalue weighted by Crippen LogP contribution is -1.92. The molecule has 0 unspecified atom stereocenters. The van der Waals surface area contributed by atoms with Gasteiger partial charge in [0.25, 0.3) is 0 Å². The molecular weight excluding hydrogens is 188 g/mol. The molecule has 0 spiro atoms. The van der Waals surface area contributed by atoms with Gasteiger partial charge in [0, 0.05) is 36.6 Å². The van der Waals surface area contributed by atoms with Crippen molar-refractivity contribution in [3.63, 3.8) is 0 Å². The number of rotatable bonds is 1. The summed E-state index contributed by atoms with van der Waals surface area (Å²) < 4.78 is 1.86. The molecule has 0 bridgehead atoms. The molecule has 0 radical (unpaired) electrons. The van der Waals surface area contributed by atoms with Crippen LogP contribution in [0.3, 0.4) is 0 Å². The minimum absolute atomic E-state index is 0.911. The van der Waals surface area contributed by atoms with Gasteiger partial charge in [0.15, 0.2) is 0 Å². The van der Waals surface area contributed by atoms with Gasteiger partial charge < -0.3 is 4.98 Å². The van der Waals surface area contributed by atoms with E-state index < -0.39 is 0 Å². The van der Waals surface area contributed by atoms with Gasteiger partial charge >= 0.3 is 0 Å². The molecular formula is C11H10N4. The zero-order chi connectivity index (χ0) is 10.3. The Labute approximate surface area is 86.6 Å². The quantitative estimate of drug-likeness (QED) is 0.649. The van der Waals surface area contributed by atoms with E-state index in [-0.39, 0.29) is 0 Å². The Hall–Kier alpha value is -2.10. The van der Waals surface area contributed by atoms with Crippen LogP contribution < -0.4 is 0 Å². The van der Waals surface area contributed by atoms with Gasteiger partial charge in [-0.1, -0.05) is 0 Å². The van der Waals surface area contributed by atoms with E-state index in [2.05, 4.69) is 21.1 Å². The summed E-state index contributed by atoms with van der Waals surface area (Å²) in [4.78, 5) is 7.41. The molecule has 0 aliphatic rings. The fourth-order valence-electron chi connectivity index (χ4n) is 1.81. The smallest absolute Gasteiger partial charge is 0.137 e. The van der Waals surface area contributed by atoms with Crippen molar-refractivity contribution in [3.8, 4) is 11.3 Å². The fourth-order valence-corrected chi connectivity index (χ4v) is 1.81. The van der Waals surface area contributed by atoms with Gasteiger partial charge in [0.05, 0.1) is 5.69 Å². The average molecular weight is 198 g/mol. The number of pyridine rings is 1. The van der Waals surface area contributed by atoms with Crippen LogP contribution in [0.4, 0.5) is 0 Å². The Balaban J connectivity index is 2.32. The summed E-state index contributed by atoms with van der Waals surface area (Å²) in [6, 6.07) is 5.99. The molecule has 0 fully saturated rings. The van der Waals surface area contributed by atoms with Crippen LogP contribution in [0, 0.1) is 0 Å². The molecule has 3 aromatic heterocycles. The molecule has 0 aromatic carbocycles. The Morgan fingerprint density at radius 2 is 2.20 bits per heavy atom. The maximum atomic E-state index is 4.26. The number of H-pyrrole nitrogens is 1. The summed E-state index contributed by atoms with van der Waals surface area (Å²) in [5.41, 5.74) is 3.14. The summed E-state index contributed by atoms with van der Waals surface area (Å²) in [7, 11) is 1.94. The molecule has 0 saturated carbocycles. The van der Waals surface area contributed by atoms with E-state index in [1.807, 2.05) is 30.1 Å². The lowest BCUT2D eigenvalue weighted by Gasteiger charge is -1.98. The maximum Gasteiger partial charge on any atom is 0.137 e. The molecule has 74 valence electrons. The molecule has 0 atom stereocenters. The normalized spacial score (nSPS) is 11.0. The Morgan fingerprint density at radius 1 is 1.27 bits per heavy atom. The second-order valence-electron chi connectivity index (χ2n) is 3.44. The molecule has 1 N–H and O–H groups in total. The van der Waals surface area contributed by atoms with Crippen LogP contribution in [0.1, 0.15) is 0 Å². The lowest BCUT2D eigenvalue weighted by molar-refractivity contribution is 0.776. The molecule has 3 rings (SSSR count). The predicted molar refractivity (Wildman–Crippen MR) is 58.3 cm³/mol. The third-order valence-corrected chi connectivity index (χ3v) is 2.55. The zero-order valence-electron chi connectivity index (χ0n) is 8.31. The molecule has 3 aromatic rings. The molecule has 15 heavy (non-hydrogen) atoms. The third kappa shape index (κ3) is 1.15. The highest BCUT2D eigenvalue weighted by molar-refractivity contribution is 5.92. The van der Waals surface area contributed by atoms with E-state index in [0.29, 0.717) is 0 Å². The molecule has 0 amide bonds. The SMILES string of the molecule is Cn1nccc1-c1c[nH]c2ncccc12. The number of aromatic nitrogens is 4. The monoisotopic (exact) mass is 198 g/mol. The Kier molecular flexibility index (Phi) is 1.62. The van der Waals surface area contributed by atoms with Crippen LogP contribution in [0.25, 0.3) is 22.3 Å². The van der Waals surface area contributed by atoms with Crippen molar-refractivity contribution in [2.45, 2.75) is 0 Å².